The van der Waals surface area contributed by atoms with Gasteiger partial charge in [-0.1, -0.05) is 5.16 Å². The topological polar surface area (TPSA) is 71.6 Å². The number of nitrogens with zero attached hydrogens (tertiary/aromatic N) is 3. The highest BCUT2D eigenvalue weighted by Gasteiger charge is 2.30. The van der Waals surface area contributed by atoms with Crippen molar-refractivity contribution in [1.29, 1.82) is 0 Å². The summed E-state index contributed by atoms with van der Waals surface area (Å²) in [4.78, 5) is 6.66. The molecule has 2 rings (SSSR count). The fourth-order valence-electron chi connectivity index (χ4n) is 2.71. The molecule has 1 N–H and O–H groups in total. The molecule has 6 heteroatoms. The number of hydrogen-bond donors (Lipinski definition) is 1. The molecule has 1 fully saturated rings. The van der Waals surface area contributed by atoms with Gasteiger partial charge in [0.1, 0.15) is 6.61 Å². The first-order chi connectivity index (χ1) is 9.45. The average Bonchev–Trinajstić information content (AvgIpc) is 2.79. The van der Waals surface area contributed by atoms with Crippen LogP contribution in [0.2, 0.25) is 0 Å². The first kappa shape index (κ1) is 15.4. The number of hydrogen-bond acceptors (Lipinski definition) is 6. The second-order valence-corrected chi connectivity index (χ2v) is 5.96. The van der Waals surface area contributed by atoms with Crippen LogP contribution in [-0.2, 0) is 17.9 Å². The van der Waals surface area contributed by atoms with Gasteiger partial charge >= 0.3 is 0 Å². The van der Waals surface area contributed by atoms with Crippen LogP contribution >= 0.6 is 0 Å². The van der Waals surface area contributed by atoms with Crippen molar-refractivity contribution >= 4 is 0 Å². The summed E-state index contributed by atoms with van der Waals surface area (Å²) in [6, 6.07) is 0.632. The zero-order valence-electron chi connectivity index (χ0n) is 12.7. The Hall–Kier alpha value is -0.980. The number of aliphatic hydroxyl groups excluding tert-OH is 1. The van der Waals surface area contributed by atoms with E-state index >= 15 is 0 Å². The van der Waals surface area contributed by atoms with Gasteiger partial charge in [-0.3, -0.25) is 4.90 Å². The fourth-order valence-corrected chi connectivity index (χ4v) is 2.71. The summed E-state index contributed by atoms with van der Waals surface area (Å²) < 4.78 is 10.7. The van der Waals surface area contributed by atoms with Crippen LogP contribution in [0.25, 0.3) is 0 Å². The standard InChI is InChI=1S/C14H25N3O3/c1-9(2)19-8-13-15-14(20-16-13)7-17-10(3)5-12(18)6-11(17)4/h9-12,18H,5-8H2,1-4H3. The maximum absolute atomic E-state index is 9.77. The van der Waals surface area contributed by atoms with Gasteiger partial charge in [0.15, 0.2) is 5.82 Å². The summed E-state index contributed by atoms with van der Waals surface area (Å²) in [5.74, 6) is 1.20. The summed E-state index contributed by atoms with van der Waals surface area (Å²) >= 11 is 0. The van der Waals surface area contributed by atoms with Crippen LogP contribution in [0.1, 0.15) is 52.3 Å². The van der Waals surface area contributed by atoms with Gasteiger partial charge in [0, 0.05) is 12.1 Å². The predicted octanol–water partition coefficient (Wildman–Crippen LogP) is 1.73. The van der Waals surface area contributed by atoms with E-state index in [2.05, 4.69) is 28.9 Å². The van der Waals surface area contributed by atoms with Gasteiger partial charge in [0.2, 0.25) is 5.89 Å². The third-order valence-electron chi connectivity index (χ3n) is 3.73. The van der Waals surface area contributed by atoms with E-state index in [9.17, 15) is 5.11 Å². The highest BCUT2D eigenvalue weighted by molar-refractivity contribution is 4.90. The maximum Gasteiger partial charge on any atom is 0.240 e. The Balaban J connectivity index is 1.92. The van der Waals surface area contributed by atoms with E-state index in [-0.39, 0.29) is 12.2 Å². The van der Waals surface area contributed by atoms with Crippen molar-refractivity contribution < 1.29 is 14.4 Å². The monoisotopic (exact) mass is 283 g/mol. The lowest BCUT2D eigenvalue weighted by Crippen LogP contribution is -2.47. The van der Waals surface area contributed by atoms with E-state index in [4.69, 9.17) is 9.26 Å². The molecule has 6 nitrogen and oxygen atoms in total. The zero-order chi connectivity index (χ0) is 14.7. The Morgan fingerprint density at radius 1 is 1.35 bits per heavy atom. The first-order valence-corrected chi connectivity index (χ1v) is 7.32. The van der Waals surface area contributed by atoms with Crippen molar-refractivity contribution in [2.45, 2.75) is 78.0 Å². The number of aromatic nitrogens is 2. The van der Waals surface area contributed by atoms with Crippen molar-refractivity contribution in [2.24, 2.45) is 0 Å². The van der Waals surface area contributed by atoms with E-state index in [1.54, 1.807) is 0 Å². The van der Waals surface area contributed by atoms with E-state index < -0.39 is 0 Å². The molecule has 1 aliphatic rings. The lowest BCUT2D eigenvalue weighted by molar-refractivity contribution is 0.00345. The molecule has 0 aliphatic carbocycles. The van der Waals surface area contributed by atoms with Gasteiger partial charge in [-0.05, 0) is 40.5 Å². The van der Waals surface area contributed by atoms with Gasteiger partial charge in [-0.15, -0.1) is 0 Å². The fraction of sp³-hybridized carbons (Fsp3) is 0.857. The van der Waals surface area contributed by atoms with Gasteiger partial charge in [-0.2, -0.15) is 4.98 Å². The summed E-state index contributed by atoms with van der Waals surface area (Å²) in [5.41, 5.74) is 0. The Morgan fingerprint density at radius 2 is 2.00 bits per heavy atom. The lowest BCUT2D eigenvalue weighted by atomic mass is 9.95. The maximum atomic E-state index is 9.77. The molecule has 0 saturated carbocycles. The van der Waals surface area contributed by atoms with Crippen LogP contribution in [-0.4, -0.2) is 44.4 Å². The normalized spacial score (nSPS) is 28.2. The van der Waals surface area contributed by atoms with Crippen LogP contribution in [0, 0.1) is 0 Å². The summed E-state index contributed by atoms with van der Waals surface area (Å²) in [6.45, 7) is 9.21. The molecule has 0 spiro atoms. The van der Waals surface area contributed by atoms with Gasteiger partial charge in [-0.25, -0.2) is 0 Å². The molecule has 1 aromatic heterocycles. The van der Waals surface area contributed by atoms with Crippen LogP contribution in [0.15, 0.2) is 4.52 Å². The minimum Gasteiger partial charge on any atom is -0.393 e. The minimum atomic E-state index is -0.200. The second-order valence-electron chi connectivity index (χ2n) is 5.96. The predicted molar refractivity (Wildman–Crippen MR) is 73.9 cm³/mol. The molecule has 1 aliphatic heterocycles. The highest BCUT2D eigenvalue weighted by atomic mass is 16.5. The lowest BCUT2D eigenvalue weighted by Gasteiger charge is -2.40. The summed E-state index contributed by atoms with van der Waals surface area (Å²) in [7, 11) is 0. The molecular weight excluding hydrogens is 258 g/mol. The van der Waals surface area contributed by atoms with E-state index in [1.165, 1.54) is 0 Å². The number of ether oxygens (including phenoxy) is 1. The molecule has 114 valence electrons. The highest BCUT2D eigenvalue weighted by Crippen LogP contribution is 2.24. The second kappa shape index (κ2) is 6.65. The van der Waals surface area contributed by atoms with Crippen molar-refractivity contribution in [1.82, 2.24) is 15.0 Å². The van der Waals surface area contributed by atoms with E-state index in [0.29, 0.717) is 37.0 Å². The van der Waals surface area contributed by atoms with Crippen molar-refractivity contribution in [2.75, 3.05) is 0 Å². The SMILES string of the molecule is CC(C)OCc1noc(CN2C(C)CC(O)CC2C)n1. The van der Waals surface area contributed by atoms with E-state index in [0.717, 1.165) is 12.8 Å². The Labute approximate surface area is 120 Å². The average molecular weight is 283 g/mol. The molecule has 1 aromatic rings. The van der Waals surface area contributed by atoms with Crippen LogP contribution in [0.3, 0.4) is 0 Å². The van der Waals surface area contributed by atoms with Gasteiger partial charge in [0.25, 0.3) is 0 Å². The third-order valence-corrected chi connectivity index (χ3v) is 3.73. The van der Waals surface area contributed by atoms with Crippen molar-refractivity contribution in [3.05, 3.63) is 11.7 Å². The molecule has 20 heavy (non-hydrogen) atoms. The Morgan fingerprint density at radius 3 is 2.60 bits per heavy atom. The van der Waals surface area contributed by atoms with Crippen molar-refractivity contribution in [3.63, 3.8) is 0 Å². The molecule has 0 amide bonds. The molecule has 0 radical (unpaired) electrons. The molecule has 1 saturated heterocycles. The largest absolute Gasteiger partial charge is 0.393 e. The van der Waals surface area contributed by atoms with Crippen LogP contribution in [0.4, 0.5) is 0 Å². The smallest absolute Gasteiger partial charge is 0.240 e. The third kappa shape index (κ3) is 4.01. The number of rotatable bonds is 5. The van der Waals surface area contributed by atoms with Gasteiger partial charge in [0.05, 0.1) is 18.8 Å². The first-order valence-electron chi connectivity index (χ1n) is 7.32. The minimum absolute atomic E-state index is 0.153. The van der Waals surface area contributed by atoms with Gasteiger partial charge < -0.3 is 14.4 Å². The van der Waals surface area contributed by atoms with Crippen molar-refractivity contribution in [3.8, 4) is 0 Å². The molecular formula is C14H25N3O3. The molecule has 0 bridgehead atoms. The van der Waals surface area contributed by atoms with E-state index in [1.807, 2.05) is 13.8 Å². The zero-order valence-corrected chi connectivity index (χ0v) is 12.7. The quantitative estimate of drug-likeness (QED) is 0.887. The number of piperidine rings is 1. The number of likely N-dealkylation sites (tertiary alicyclic amines) is 1. The molecule has 2 atom stereocenters. The summed E-state index contributed by atoms with van der Waals surface area (Å²) in [5, 5.41) is 13.7. The number of aliphatic hydroxyl groups is 1. The van der Waals surface area contributed by atoms with Crippen LogP contribution < -0.4 is 0 Å². The molecule has 2 heterocycles. The Kier molecular flexibility index (Phi) is 5.12. The molecule has 0 aromatic carbocycles. The molecule has 2 unspecified atom stereocenters. The van der Waals surface area contributed by atoms with Crippen LogP contribution in [0.5, 0.6) is 0 Å². The summed E-state index contributed by atoms with van der Waals surface area (Å²) in [6.07, 6.45) is 1.54. The Bertz CT molecular complexity index is 410.